The maximum Gasteiger partial charge on any atom is 0.261 e. The summed E-state index contributed by atoms with van der Waals surface area (Å²) in [6.07, 6.45) is 3.75. The molecule has 0 bridgehead atoms. The molecule has 4 aromatic carbocycles. The fourth-order valence-electron chi connectivity index (χ4n) is 5.07. The molecule has 4 aromatic rings. The Balaban J connectivity index is 0.00000304. The highest BCUT2D eigenvalue weighted by atomic mass is 79.9. The summed E-state index contributed by atoms with van der Waals surface area (Å²) >= 11 is 0. The highest BCUT2D eigenvalue weighted by Gasteiger charge is 2.42. The van der Waals surface area contributed by atoms with E-state index in [2.05, 4.69) is 91.0 Å². The Morgan fingerprint density at radius 3 is 1.19 bits per heavy atom. The molecule has 0 saturated heterocycles. The van der Waals surface area contributed by atoms with Crippen LogP contribution in [0.15, 0.2) is 115 Å². The third-order valence-corrected chi connectivity index (χ3v) is 11.0. The number of fused-ring (bicyclic) bond motifs is 1. The van der Waals surface area contributed by atoms with Crippen LogP contribution in [0.2, 0.25) is 0 Å². The van der Waals surface area contributed by atoms with Crippen LogP contribution in [0.3, 0.4) is 0 Å². The van der Waals surface area contributed by atoms with Gasteiger partial charge in [0.05, 0.1) is 42.3 Å². The average molecular weight is 558 g/mol. The van der Waals surface area contributed by atoms with E-state index in [1.807, 2.05) is 12.1 Å². The maximum atomic E-state index is 13.1. The van der Waals surface area contributed by atoms with Gasteiger partial charge in [0.2, 0.25) is 0 Å². The molecule has 5 rings (SSSR count). The molecule has 0 fully saturated rings. The molecule has 0 N–H and O–H groups in total. The number of carbonyl (C=O) groups excluding carboxylic acids is 2. The van der Waals surface area contributed by atoms with Crippen LogP contribution in [0.1, 0.15) is 37.4 Å². The Kier molecular flexibility index (Phi) is 8.51. The molecule has 0 aliphatic carbocycles. The normalized spacial score (nSPS) is 12.8. The number of imide groups is 1. The molecule has 5 heteroatoms. The second-order valence-corrected chi connectivity index (χ2v) is 13.4. The number of hydrogen-bond donors (Lipinski definition) is 0. The first-order valence-electron chi connectivity index (χ1n) is 12.1. The monoisotopic (exact) mass is 557 g/mol. The van der Waals surface area contributed by atoms with Crippen LogP contribution < -0.4 is 17.0 Å². The Labute approximate surface area is 224 Å². The van der Waals surface area contributed by atoms with Gasteiger partial charge in [-0.15, -0.1) is 0 Å². The second-order valence-electron chi connectivity index (χ2n) is 9.30. The van der Waals surface area contributed by atoms with E-state index in [1.54, 1.807) is 12.1 Å². The van der Waals surface area contributed by atoms with Gasteiger partial charge >= 0.3 is 0 Å². The Morgan fingerprint density at radius 1 is 0.500 bits per heavy atom. The molecule has 182 valence electrons. The first kappa shape index (κ1) is 26.0. The molecule has 0 aromatic heterocycles. The van der Waals surface area contributed by atoms with Crippen LogP contribution >= 0.6 is 7.26 Å². The van der Waals surface area contributed by atoms with E-state index in [9.17, 15) is 9.59 Å². The molecule has 1 aliphatic rings. The Bertz CT molecular complexity index is 1180. The van der Waals surface area contributed by atoms with E-state index in [1.165, 1.54) is 21.6 Å². The Hall–Kier alpha value is -3.07. The van der Waals surface area contributed by atoms with E-state index in [4.69, 9.17) is 0 Å². The van der Waals surface area contributed by atoms with E-state index in [0.717, 1.165) is 24.6 Å². The van der Waals surface area contributed by atoms with Gasteiger partial charge in [-0.3, -0.25) is 14.5 Å². The SMILES string of the molecule is O=C1c2ccccc2C(=O)N1CC[P+](Cc1ccccc1)(Cc1ccccc1)Cc1ccccc1.[Br-]. The highest BCUT2D eigenvalue weighted by Crippen LogP contribution is 2.66. The van der Waals surface area contributed by atoms with Crippen molar-refractivity contribution in [2.75, 3.05) is 12.7 Å². The molecule has 0 spiro atoms. The first-order valence-corrected chi connectivity index (χ1v) is 14.6. The number of halogens is 1. The van der Waals surface area contributed by atoms with Crippen molar-refractivity contribution in [2.45, 2.75) is 18.5 Å². The van der Waals surface area contributed by atoms with Gasteiger partial charge in [0.1, 0.15) is 0 Å². The number of benzene rings is 4. The summed E-state index contributed by atoms with van der Waals surface area (Å²) in [7, 11) is -1.71. The van der Waals surface area contributed by atoms with Crippen molar-refractivity contribution in [2.24, 2.45) is 0 Å². The largest absolute Gasteiger partial charge is 1.00 e. The van der Waals surface area contributed by atoms with E-state index in [-0.39, 0.29) is 28.8 Å². The van der Waals surface area contributed by atoms with Crippen LogP contribution in [0, 0.1) is 0 Å². The molecule has 1 heterocycles. The first-order chi connectivity index (χ1) is 17.1. The summed E-state index contributed by atoms with van der Waals surface area (Å²) in [4.78, 5) is 27.7. The summed E-state index contributed by atoms with van der Waals surface area (Å²) < 4.78 is 0. The van der Waals surface area contributed by atoms with Gasteiger partial charge in [-0.25, -0.2) is 0 Å². The highest BCUT2D eigenvalue weighted by molar-refractivity contribution is 7.73. The summed E-state index contributed by atoms with van der Waals surface area (Å²) in [5.41, 5.74) is 4.99. The Morgan fingerprint density at radius 2 is 0.833 bits per heavy atom. The lowest BCUT2D eigenvalue weighted by atomic mass is 10.1. The van der Waals surface area contributed by atoms with Gasteiger partial charge in [-0.05, 0) is 28.8 Å². The predicted molar refractivity (Wildman–Crippen MR) is 144 cm³/mol. The zero-order chi connectivity index (χ0) is 24.1. The maximum absolute atomic E-state index is 13.1. The molecule has 0 unspecified atom stereocenters. The van der Waals surface area contributed by atoms with Crippen LogP contribution in [0.25, 0.3) is 0 Å². The van der Waals surface area contributed by atoms with Crippen LogP contribution in [0.4, 0.5) is 0 Å². The van der Waals surface area contributed by atoms with Gasteiger partial charge < -0.3 is 17.0 Å². The smallest absolute Gasteiger partial charge is 0.261 e. The van der Waals surface area contributed by atoms with Crippen molar-refractivity contribution in [3.8, 4) is 0 Å². The van der Waals surface area contributed by atoms with Crippen LogP contribution in [0.5, 0.6) is 0 Å². The number of nitrogens with zero attached hydrogens (tertiary/aromatic N) is 1. The zero-order valence-electron chi connectivity index (χ0n) is 20.1. The number of hydrogen-bond acceptors (Lipinski definition) is 2. The number of amides is 2. The van der Waals surface area contributed by atoms with Gasteiger partial charge in [0.25, 0.3) is 11.8 Å². The number of rotatable bonds is 9. The average Bonchev–Trinajstić information content (AvgIpc) is 3.14. The molecule has 3 nitrogen and oxygen atoms in total. The third kappa shape index (κ3) is 5.83. The van der Waals surface area contributed by atoms with Crippen molar-refractivity contribution in [1.29, 1.82) is 0 Å². The second kappa shape index (κ2) is 11.8. The minimum atomic E-state index is -1.71. The predicted octanol–water partition coefficient (Wildman–Crippen LogP) is 3.90. The number of carbonyl (C=O) groups is 2. The van der Waals surface area contributed by atoms with E-state index in [0.29, 0.717) is 17.7 Å². The summed E-state index contributed by atoms with van der Waals surface area (Å²) in [6.45, 7) is 0.451. The summed E-state index contributed by atoms with van der Waals surface area (Å²) in [6, 6.07) is 39.1. The zero-order valence-corrected chi connectivity index (χ0v) is 22.6. The molecule has 2 amide bonds. The summed E-state index contributed by atoms with van der Waals surface area (Å²) in [5, 5.41) is 0. The van der Waals surface area contributed by atoms with Crippen molar-refractivity contribution in [1.82, 2.24) is 4.90 Å². The molecule has 0 radical (unpaired) electrons. The quantitative estimate of drug-likeness (QED) is 0.231. The molecular weight excluding hydrogens is 529 g/mol. The fourth-order valence-corrected chi connectivity index (χ4v) is 9.46. The van der Waals surface area contributed by atoms with Gasteiger partial charge in [-0.1, -0.05) is 103 Å². The summed E-state index contributed by atoms with van der Waals surface area (Å²) in [5.74, 6) is -0.328. The molecular formula is C31H29BrNO2P. The lowest BCUT2D eigenvalue weighted by molar-refractivity contribution is -0.0000304. The van der Waals surface area contributed by atoms with Crippen molar-refractivity contribution in [3.63, 3.8) is 0 Å². The topological polar surface area (TPSA) is 37.4 Å². The fraction of sp³-hybridized carbons (Fsp3) is 0.161. The van der Waals surface area contributed by atoms with E-state index < -0.39 is 7.26 Å². The minimum absolute atomic E-state index is 0. The standard InChI is InChI=1S/C31H29NO2P.BrH/c33-30-28-18-10-11-19-29(28)31(34)32(30)20-21-35(22-25-12-4-1-5-13-25,23-26-14-6-2-7-15-26)24-27-16-8-3-9-17-27;/h1-19H,20-24H2;1H/q+1;/p-1. The van der Waals surface area contributed by atoms with Gasteiger partial charge in [-0.2, -0.15) is 0 Å². The molecule has 0 atom stereocenters. The van der Waals surface area contributed by atoms with Crippen molar-refractivity contribution >= 4 is 19.1 Å². The molecule has 36 heavy (non-hydrogen) atoms. The third-order valence-electron chi connectivity index (χ3n) is 6.76. The minimum Gasteiger partial charge on any atom is -1.00 e. The molecule has 1 aliphatic heterocycles. The molecule has 0 saturated carbocycles. The van der Waals surface area contributed by atoms with Crippen LogP contribution in [-0.2, 0) is 18.5 Å². The van der Waals surface area contributed by atoms with Crippen molar-refractivity contribution in [3.05, 3.63) is 143 Å². The lowest BCUT2D eigenvalue weighted by Crippen LogP contribution is -3.00. The lowest BCUT2D eigenvalue weighted by Gasteiger charge is -2.30. The van der Waals surface area contributed by atoms with Crippen LogP contribution in [-0.4, -0.2) is 29.4 Å². The van der Waals surface area contributed by atoms with E-state index >= 15 is 0 Å². The van der Waals surface area contributed by atoms with Crippen molar-refractivity contribution < 1.29 is 26.6 Å². The van der Waals surface area contributed by atoms with Gasteiger partial charge in [0.15, 0.2) is 0 Å². The van der Waals surface area contributed by atoms with Gasteiger partial charge in [0, 0.05) is 7.26 Å².